The van der Waals surface area contributed by atoms with Crippen LogP contribution in [-0.4, -0.2) is 27.7 Å². The Bertz CT molecular complexity index is 783. The van der Waals surface area contributed by atoms with Crippen molar-refractivity contribution in [1.82, 2.24) is 10.5 Å². The zero-order chi connectivity index (χ0) is 17.9. The molecule has 0 atom stereocenters. The first kappa shape index (κ1) is 16.9. The first-order chi connectivity index (χ1) is 12.0. The number of aliphatic carboxylic acids is 1. The van der Waals surface area contributed by atoms with Crippen molar-refractivity contribution < 1.29 is 28.3 Å². The molecule has 0 saturated heterocycles. The number of nitrogens with zero attached hydrogens (tertiary/aromatic N) is 1. The highest BCUT2D eigenvalue weighted by molar-refractivity contribution is 5.96. The monoisotopic (exact) mass is 348 g/mol. The fourth-order valence-corrected chi connectivity index (χ4v) is 2.85. The summed E-state index contributed by atoms with van der Waals surface area (Å²) < 4.78 is 23.8. The summed E-state index contributed by atoms with van der Waals surface area (Å²) in [6.45, 7) is -0.106. The van der Waals surface area contributed by atoms with Crippen LogP contribution >= 0.6 is 0 Å². The number of carbonyl (C=O) groups excluding carboxylic acids is 1. The van der Waals surface area contributed by atoms with E-state index in [1.54, 1.807) is 12.1 Å². The number of carboxylic acids is 1. The molecule has 1 amide bonds. The number of carbonyl (C=O) groups is 2. The van der Waals surface area contributed by atoms with Crippen molar-refractivity contribution in [2.24, 2.45) is 0 Å². The van der Waals surface area contributed by atoms with Gasteiger partial charge in [0.25, 0.3) is 5.91 Å². The summed E-state index contributed by atoms with van der Waals surface area (Å²) >= 11 is 0. The van der Waals surface area contributed by atoms with Gasteiger partial charge in [0.05, 0.1) is 0 Å². The minimum Gasteiger partial charge on any atom is -0.482 e. The van der Waals surface area contributed by atoms with Crippen LogP contribution in [0.1, 0.15) is 41.9 Å². The van der Waals surface area contributed by atoms with Gasteiger partial charge in [0.15, 0.2) is 23.0 Å². The van der Waals surface area contributed by atoms with Crippen molar-refractivity contribution in [2.45, 2.75) is 37.8 Å². The molecule has 2 aromatic rings. The van der Waals surface area contributed by atoms with E-state index in [9.17, 15) is 19.1 Å². The van der Waals surface area contributed by atoms with Crippen molar-refractivity contribution in [1.29, 1.82) is 0 Å². The van der Waals surface area contributed by atoms with Crippen LogP contribution in [-0.2, 0) is 11.4 Å². The summed E-state index contributed by atoms with van der Waals surface area (Å²) in [7, 11) is 0. The molecular formula is C17H17FN2O5. The Morgan fingerprint density at radius 2 is 2.04 bits per heavy atom. The first-order valence-electron chi connectivity index (χ1n) is 7.89. The van der Waals surface area contributed by atoms with Gasteiger partial charge < -0.3 is 19.7 Å². The number of hydrogen-bond acceptors (Lipinski definition) is 5. The van der Waals surface area contributed by atoms with Gasteiger partial charge in [-0.15, -0.1) is 0 Å². The van der Waals surface area contributed by atoms with Gasteiger partial charge in [-0.1, -0.05) is 30.1 Å². The fraction of sp³-hybridized carbons (Fsp3) is 0.353. The van der Waals surface area contributed by atoms with Crippen LogP contribution in [0.15, 0.2) is 34.9 Å². The highest BCUT2D eigenvalue weighted by atomic mass is 19.1. The summed E-state index contributed by atoms with van der Waals surface area (Å²) in [5.41, 5.74) is -1.29. The molecule has 0 spiro atoms. The van der Waals surface area contributed by atoms with Gasteiger partial charge in [-0.2, -0.15) is 0 Å². The van der Waals surface area contributed by atoms with Crippen LogP contribution < -0.4 is 10.1 Å². The fourth-order valence-electron chi connectivity index (χ4n) is 2.85. The second-order valence-electron chi connectivity index (χ2n) is 5.95. The second-order valence-corrected chi connectivity index (χ2v) is 5.95. The van der Waals surface area contributed by atoms with Crippen LogP contribution in [0.2, 0.25) is 0 Å². The van der Waals surface area contributed by atoms with E-state index in [0.29, 0.717) is 12.8 Å². The summed E-state index contributed by atoms with van der Waals surface area (Å²) in [5, 5.41) is 15.6. The Balaban J connectivity index is 1.64. The molecular weight excluding hydrogens is 331 g/mol. The summed E-state index contributed by atoms with van der Waals surface area (Å²) in [5.74, 6) is -1.90. The van der Waals surface area contributed by atoms with Crippen molar-refractivity contribution in [3.8, 4) is 5.75 Å². The molecule has 1 aliphatic carbocycles. The standard InChI is InChI=1S/C17H17FN2O5/c18-12-5-1-2-6-14(12)24-10-11-9-13(20-25-11)15(21)19-17(16(22)23)7-3-4-8-17/h1-2,5-6,9H,3-4,7-8,10H2,(H,19,21)(H,22,23). The van der Waals surface area contributed by atoms with E-state index in [1.807, 2.05) is 0 Å². The lowest BCUT2D eigenvalue weighted by Gasteiger charge is -2.24. The molecule has 7 nitrogen and oxygen atoms in total. The Morgan fingerprint density at radius 1 is 1.32 bits per heavy atom. The Labute approximate surface area is 142 Å². The van der Waals surface area contributed by atoms with Gasteiger partial charge in [0.2, 0.25) is 0 Å². The van der Waals surface area contributed by atoms with Gasteiger partial charge in [-0.05, 0) is 25.0 Å². The number of nitrogens with one attached hydrogen (secondary N) is 1. The number of halogens is 1. The molecule has 1 saturated carbocycles. The molecule has 1 heterocycles. The Morgan fingerprint density at radius 3 is 2.72 bits per heavy atom. The molecule has 2 N–H and O–H groups in total. The molecule has 0 bridgehead atoms. The normalized spacial score (nSPS) is 15.7. The minimum absolute atomic E-state index is 0.0420. The molecule has 1 aromatic heterocycles. The van der Waals surface area contributed by atoms with Crippen LogP contribution in [0, 0.1) is 5.82 Å². The maximum Gasteiger partial charge on any atom is 0.329 e. The van der Waals surface area contributed by atoms with E-state index >= 15 is 0 Å². The maximum absolute atomic E-state index is 13.5. The number of benzene rings is 1. The van der Waals surface area contributed by atoms with Gasteiger partial charge in [0, 0.05) is 6.07 Å². The van der Waals surface area contributed by atoms with Gasteiger partial charge in [-0.3, -0.25) is 4.79 Å². The van der Waals surface area contributed by atoms with Crippen LogP contribution in [0.3, 0.4) is 0 Å². The lowest BCUT2D eigenvalue weighted by Crippen LogP contribution is -2.52. The summed E-state index contributed by atoms with van der Waals surface area (Å²) in [4.78, 5) is 23.7. The zero-order valence-electron chi connectivity index (χ0n) is 13.3. The molecule has 0 aliphatic heterocycles. The lowest BCUT2D eigenvalue weighted by molar-refractivity contribution is -0.144. The third-order valence-corrected chi connectivity index (χ3v) is 4.22. The smallest absolute Gasteiger partial charge is 0.329 e. The number of ether oxygens (including phenoxy) is 1. The van der Waals surface area contributed by atoms with Crippen LogP contribution in [0.5, 0.6) is 5.75 Å². The van der Waals surface area contributed by atoms with Crippen molar-refractivity contribution in [3.05, 3.63) is 47.6 Å². The molecule has 1 aliphatic rings. The first-order valence-corrected chi connectivity index (χ1v) is 7.89. The van der Waals surface area contributed by atoms with Gasteiger partial charge in [0.1, 0.15) is 12.1 Å². The van der Waals surface area contributed by atoms with Crippen molar-refractivity contribution in [2.75, 3.05) is 0 Å². The lowest BCUT2D eigenvalue weighted by atomic mass is 9.97. The molecule has 1 aromatic carbocycles. The highest BCUT2D eigenvalue weighted by Crippen LogP contribution is 2.30. The zero-order valence-corrected chi connectivity index (χ0v) is 13.3. The largest absolute Gasteiger partial charge is 0.482 e. The van der Waals surface area contributed by atoms with E-state index < -0.39 is 23.2 Å². The number of carboxylic acid groups (broad SMARTS) is 1. The number of aromatic nitrogens is 1. The maximum atomic E-state index is 13.5. The Kier molecular flexibility index (Phi) is 4.69. The second kappa shape index (κ2) is 6.92. The minimum atomic E-state index is -1.25. The number of hydrogen-bond donors (Lipinski definition) is 2. The highest BCUT2D eigenvalue weighted by Gasteiger charge is 2.43. The van der Waals surface area contributed by atoms with E-state index in [0.717, 1.165) is 12.8 Å². The number of rotatable bonds is 6. The topological polar surface area (TPSA) is 102 Å². The third kappa shape index (κ3) is 3.62. The molecule has 0 radical (unpaired) electrons. The summed E-state index contributed by atoms with van der Waals surface area (Å²) in [6, 6.07) is 7.25. The molecule has 0 unspecified atom stereocenters. The number of para-hydroxylation sites is 1. The van der Waals surface area contributed by atoms with E-state index in [1.165, 1.54) is 18.2 Å². The van der Waals surface area contributed by atoms with Crippen molar-refractivity contribution >= 4 is 11.9 Å². The predicted molar refractivity (Wildman–Crippen MR) is 83.5 cm³/mol. The van der Waals surface area contributed by atoms with E-state index in [4.69, 9.17) is 9.26 Å². The summed E-state index contributed by atoms with van der Waals surface area (Å²) in [6.07, 6.45) is 2.25. The van der Waals surface area contributed by atoms with Crippen molar-refractivity contribution in [3.63, 3.8) is 0 Å². The molecule has 1 fully saturated rings. The average Bonchev–Trinajstić information content (AvgIpc) is 3.24. The molecule has 25 heavy (non-hydrogen) atoms. The molecule has 8 heteroatoms. The predicted octanol–water partition coefficient (Wildman–Crippen LogP) is 2.52. The molecule has 132 valence electrons. The SMILES string of the molecule is O=C(NC1(C(=O)O)CCCC1)c1cc(COc2ccccc2F)on1. The quantitative estimate of drug-likeness (QED) is 0.832. The van der Waals surface area contributed by atoms with Crippen LogP contribution in [0.25, 0.3) is 0 Å². The number of amides is 1. The van der Waals surface area contributed by atoms with E-state index in [-0.39, 0.29) is 23.8 Å². The van der Waals surface area contributed by atoms with Crippen LogP contribution in [0.4, 0.5) is 4.39 Å². The molecule has 3 rings (SSSR count). The Hall–Kier alpha value is -2.90. The third-order valence-electron chi connectivity index (χ3n) is 4.22. The van der Waals surface area contributed by atoms with E-state index in [2.05, 4.69) is 10.5 Å². The average molecular weight is 348 g/mol. The van der Waals surface area contributed by atoms with Gasteiger partial charge >= 0.3 is 5.97 Å². The van der Waals surface area contributed by atoms with Gasteiger partial charge in [-0.25, -0.2) is 9.18 Å².